The van der Waals surface area contributed by atoms with Crippen LogP contribution in [-0.2, 0) is 14.3 Å². The van der Waals surface area contributed by atoms with Crippen LogP contribution in [0, 0.1) is 5.92 Å². The molecule has 5 rings (SSSR count). The van der Waals surface area contributed by atoms with Gasteiger partial charge in [0.25, 0.3) is 5.91 Å². The largest absolute Gasteiger partial charge is 0.347 e. The lowest BCUT2D eigenvalue weighted by Gasteiger charge is -2.40. The van der Waals surface area contributed by atoms with Crippen LogP contribution < -0.4 is 0 Å². The zero-order valence-corrected chi connectivity index (χ0v) is 17.2. The number of amides is 2. The van der Waals surface area contributed by atoms with E-state index in [-0.39, 0.29) is 17.7 Å². The number of rotatable bonds is 2. The number of ether oxygens (including phenoxy) is 2. The second-order valence-electron chi connectivity index (χ2n) is 8.53. The minimum absolute atomic E-state index is 0.000956. The van der Waals surface area contributed by atoms with Gasteiger partial charge in [0.2, 0.25) is 5.91 Å². The fraction of sp³-hybridized carbons (Fsp3) is 0.500. The summed E-state index contributed by atoms with van der Waals surface area (Å²) < 4.78 is 11.5. The molecule has 0 bridgehead atoms. The number of piperidine rings is 2. The predicted molar refractivity (Wildman–Crippen MR) is 113 cm³/mol. The molecule has 0 aromatic heterocycles. The minimum Gasteiger partial charge on any atom is -0.347 e. The van der Waals surface area contributed by atoms with Crippen molar-refractivity contribution < 1.29 is 19.1 Å². The zero-order chi connectivity index (χ0) is 20.6. The smallest absolute Gasteiger partial charge is 0.254 e. The van der Waals surface area contributed by atoms with E-state index in [1.165, 1.54) is 0 Å². The van der Waals surface area contributed by atoms with Gasteiger partial charge in [-0.2, -0.15) is 0 Å². The maximum Gasteiger partial charge on any atom is 0.254 e. The van der Waals surface area contributed by atoms with Gasteiger partial charge in [0.15, 0.2) is 5.79 Å². The summed E-state index contributed by atoms with van der Waals surface area (Å²) in [6.07, 6.45) is 2.95. The van der Waals surface area contributed by atoms with E-state index in [0.717, 1.165) is 42.0 Å². The third kappa shape index (κ3) is 3.59. The van der Waals surface area contributed by atoms with Gasteiger partial charge >= 0.3 is 0 Å². The van der Waals surface area contributed by atoms with Crippen LogP contribution >= 0.6 is 0 Å². The Kier molecular flexibility index (Phi) is 5.21. The monoisotopic (exact) mass is 408 g/mol. The summed E-state index contributed by atoms with van der Waals surface area (Å²) in [6, 6.07) is 13.9. The normalized spacial score (nSPS) is 22.0. The number of fused-ring (bicyclic) bond motifs is 1. The molecule has 158 valence electrons. The van der Waals surface area contributed by atoms with E-state index in [4.69, 9.17) is 9.47 Å². The van der Waals surface area contributed by atoms with Crippen molar-refractivity contribution in [2.75, 3.05) is 39.4 Å². The van der Waals surface area contributed by atoms with E-state index in [1.54, 1.807) is 0 Å². The highest BCUT2D eigenvalue weighted by atomic mass is 16.7. The van der Waals surface area contributed by atoms with Crippen molar-refractivity contribution in [2.45, 2.75) is 31.5 Å². The predicted octanol–water partition coefficient (Wildman–Crippen LogP) is 3.06. The van der Waals surface area contributed by atoms with Gasteiger partial charge in [-0.05, 0) is 29.7 Å². The molecule has 0 aliphatic carbocycles. The summed E-state index contributed by atoms with van der Waals surface area (Å²) in [5.41, 5.74) is 0.746. The molecule has 0 atom stereocenters. The van der Waals surface area contributed by atoms with Crippen LogP contribution in [0.1, 0.15) is 36.0 Å². The first-order chi connectivity index (χ1) is 14.7. The average Bonchev–Trinajstić information content (AvgIpc) is 3.26. The molecule has 30 heavy (non-hydrogen) atoms. The van der Waals surface area contributed by atoms with Gasteiger partial charge in [-0.25, -0.2) is 0 Å². The highest BCUT2D eigenvalue weighted by Gasteiger charge is 2.42. The maximum atomic E-state index is 13.1. The second kappa shape index (κ2) is 8.00. The quantitative estimate of drug-likeness (QED) is 0.766. The van der Waals surface area contributed by atoms with Crippen LogP contribution in [0.4, 0.5) is 0 Å². The lowest BCUT2D eigenvalue weighted by Crippen LogP contribution is -2.50. The molecule has 0 unspecified atom stereocenters. The third-order valence-corrected chi connectivity index (χ3v) is 6.80. The molecule has 1 spiro atoms. The van der Waals surface area contributed by atoms with E-state index in [1.807, 2.05) is 52.3 Å². The Morgan fingerprint density at radius 1 is 0.833 bits per heavy atom. The van der Waals surface area contributed by atoms with Gasteiger partial charge in [0.1, 0.15) is 0 Å². The number of nitrogens with zero attached hydrogens (tertiary/aromatic N) is 2. The number of carbonyl (C=O) groups is 2. The van der Waals surface area contributed by atoms with Crippen molar-refractivity contribution in [3.8, 4) is 0 Å². The van der Waals surface area contributed by atoms with Crippen molar-refractivity contribution in [2.24, 2.45) is 5.92 Å². The van der Waals surface area contributed by atoms with Gasteiger partial charge < -0.3 is 19.3 Å². The molecule has 2 aromatic carbocycles. The first-order valence-corrected chi connectivity index (χ1v) is 11.0. The van der Waals surface area contributed by atoms with E-state index in [0.29, 0.717) is 39.4 Å². The summed E-state index contributed by atoms with van der Waals surface area (Å²) >= 11 is 0. The van der Waals surface area contributed by atoms with Crippen LogP contribution in [-0.4, -0.2) is 66.8 Å². The third-order valence-electron chi connectivity index (χ3n) is 6.80. The summed E-state index contributed by atoms with van der Waals surface area (Å²) in [4.78, 5) is 30.0. The van der Waals surface area contributed by atoms with Crippen LogP contribution in [0.25, 0.3) is 10.8 Å². The molecule has 2 aromatic rings. The van der Waals surface area contributed by atoms with Crippen LogP contribution in [0.3, 0.4) is 0 Å². The number of hydrogen-bond donors (Lipinski definition) is 0. The SMILES string of the molecule is O=C(c1cccc2ccccc12)N1CCC(C(=O)N2CCC3(CC2)OCCO3)CC1. The lowest BCUT2D eigenvalue weighted by molar-refractivity contribution is -0.188. The molecule has 6 nitrogen and oxygen atoms in total. The van der Waals surface area contributed by atoms with Gasteiger partial charge in [0, 0.05) is 50.5 Å². The standard InChI is InChI=1S/C24H28N2O4/c27-22(26-14-10-24(11-15-26)29-16-17-30-24)19-8-12-25(13-9-19)23(28)21-7-3-5-18-4-1-2-6-20(18)21/h1-7,19H,8-17H2. The minimum atomic E-state index is -0.453. The number of benzene rings is 2. The van der Waals surface area contributed by atoms with E-state index in [2.05, 4.69) is 0 Å². The molecular formula is C24H28N2O4. The van der Waals surface area contributed by atoms with E-state index < -0.39 is 5.79 Å². The zero-order valence-electron chi connectivity index (χ0n) is 17.2. The molecule has 3 aliphatic heterocycles. The van der Waals surface area contributed by atoms with Crippen molar-refractivity contribution in [3.63, 3.8) is 0 Å². The molecule has 2 amide bonds. The molecule has 0 N–H and O–H groups in total. The lowest BCUT2D eigenvalue weighted by atomic mass is 9.93. The van der Waals surface area contributed by atoms with Gasteiger partial charge in [-0.15, -0.1) is 0 Å². The fourth-order valence-electron chi connectivity index (χ4n) is 5.02. The Morgan fingerprint density at radius 3 is 2.23 bits per heavy atom. The average molecular weight is 408 g/mol. The van der Waals surface area contributed by atoms with Gasteiger partial charge in [-0.3, -0.25) is 9.59 Å². The summed E-state index contributed by atoms with van der Waals surface area (Å²) in [5.74, 6) is -0.167. The summed E-state index contributed by atoms with van der Waals surface area (Å²) in [5, 5.41) is 2.06. The highest BCUT2D eigenvalue weighted by molar-refractivity contribution is 6.07. The molecule has 6 heteroatoms. The Morgan fingerprint density at radius 2 is 1.50 bits per heavy atom. The van der Waals surface area contributed by atoms with Crippen LogP contribution in [0.5, 0.6) is 0 Å². The van der Waals surface area contributed by atoms with E-state index >= 15 is 0 Å². The van der Waals surface area contributed by atoms with Gasteiger partial charge in [-0.1, -0.05) is 36.4 Å². The number of hydrogen-bond acceptors (Lipinski definition) is 4. The Labute approximate surface area is 176 Å². The van der Waals surface area contributed by atoms with Crippen LogP contribution in [0.2, 0.25) is 0 Å². The van der Waals surface area contributed by atoms with Gasteiger partial charge in [0.05, 0.1) is 13.2 Å². The summed E-state index contributed by atoms with van der Waals surface area (Å²) in [6.45, 7) is 3.93. The first-order valence-electron chi connectivity index (χ1n) is 11.0. The van der Waals surface area contributed by atoms with Crippen molar-refractivity contribution >= 4 is 22.6 Å². The van der Waals surface area contributed by atoms with Crippen molar-refractivity contribution in [1.82, 2.24) is 9.80 Å². The first kappa shape index (κ1) is 19.5. The Hall–Kier alpha value is -2.44. The molecular weight excluding hydrogens is 380 g/mol. The number of carbonyl (C=O) groups excluding carboxylic acids is 2. The molecule has 3 aliphatic rings. The highest BCUT2D eigenvalue weighted by Crippen LogP contribution is 2.32. The maximum absolute atomic E-state index is 13.1. The topological polar surface area (TPSA) is 59.1 Å². The van der Waals surface area contributed by atoms with Crippen molar-refractivity contribution in [1.29, 1.82) is 0 Å². The van der Waals surface area contributed by atoms with Crippen molar-refractivity contribution in [3.05, 3.63) is 48.0 Å². The molecule has 3 fully saturated rings. The molecule has 0 saturated carbocycles. The number of likely N-dealkylation sites (tertiary alicyclic amines) is 2. The Balaban J connectivity index is 1.19. The van der Waals surface area contributed by atoms with E-state index in [9.17, 15) is 9.59 Å². The van der Waals surface area contributed by atoms with Crippen LogP contribution in [0.15, 0.2) is 42.5 Å². The molecule has 3 heterocycles. The molecule has 3 saturated heterocycles. The Bertz CT molecular complexity index is 930. The second-order valence-corrected chi connectivity index (χ2v) is 8.53. The summed E-state index contributed by atoms with van der Waals surface area (Å²) in [7, 11) is 0. The molecule has 0 radical (unpaired) electrons. The fourth-order valence-corrected chi connectivity index (χ4v) is 5.02.